The van der Waals surface area contributed by atoms with E-state index in [0.29, 0.717) is 11.1 Å². The molecule has 0 aliphatic rings. The van der Waals surface area contributed by atoms with Crippen molar-refractivity contribution in [1.29, 1.82) is 0 Å². The molecular formula is C16H17NO2. The van der Waals surface area contributed by atoms with Gasteiger partial charge in [-0.25, -0.2) is 0 Å². The first-order valence-electron chi connectivity index (χ1n) is 6.15. The number of aromatic nitrogens is 1. The van der Waals surface area contributed by atoms with Crippen LogP contribution >= 0.6 is 0 Å². The molecule has 2 aromatic rings. The number of pyridine rings is 1. The average Bonchev–Trinajstić information content (AvgIpc) is 2.40. The van der Waals surface area contributed by atoms with E-state index in [-0.39, 0.29) is 5.78 Å². The van der Waals surface area contributed by atoms with Crippen molar-refractivity contribution in [3.8, 4) is 5.75 Å². The average molecular weight is 255 g/mol. The summed E-state index contributed by atoms with van der Waals surface area (Å²) in [4.78, 5) is 16.6. The van der Waals surface area contributed by atoms with E-state index in [0.717, 1.165) is 22.4 Å². The molecule has 98 valence electrons. The van der Waals surface area contributed by atoms with E-state index in [4.69, 9.17) is 4.74 Å². The zero-order valence-electron chi connectivity index (χ0n) is 11.7. The monoisotopic (exact) mass is 255 g/mol. The Morgan fingerprint density at radius 3 is 2.42 bits per heavy atom. The molecule has 3 heteroatoms. The highest BCUT2D eigenvalue weighted by molar-refractivity contribution is 6.10. The molecule has 1 heterocycles. The molecule has 1 aromatic carbocycles. The highest BCUT2D eigenvalue weighted by Crippen LogP contribution is 2.24. The molecule has 0 saturated carbocycles. The Kier molecular flexibility index (Phi) is 3.65. The van der Waals surface area contributed by atoms with Crippen molar-refractivity contribution in [3.05, 3.63) is 58.4 Å². The van der Waals surface area contributed by atoms with Gasteiger partial charge in [-0.2, -0.15) is 0 Å². The number of carbonyl (C=O) groups is 1. The van der Waals surface area contributed by atoms with Crippen molar-refractivity contribution in [1.82, 2.24) is 4.98 Å². The quantitative estimate of drug-likeness (QED) is 0.790. The van der Waals surface area contributed by atoms with Crippen LogP contribution < -0.4 is 4.74 Å². The van der Waals surface area contributed by atoms with Gasteiger partial charge in [-0.1, -0.05) is 0 Å². The Labute approximate surface area is 113 Å². The topological polar surface area (TPSA) is 39.2 Å². The standard InChI is InChI=1S/C16H17NO2/c1-10-5-6-17-9-14(10)16(18)13-7-12(3)15(19-4)8-11(13)2/h5-9H,1-4H3. The molecule has 0 unspecified atom stereocenters. The van der Waals surface area contributed by atoms with E-state index in [9.17, 15) is 4.79 Å². The van der Waals surface area contributed by atoms with Crippen LogP contribution in [0.1, 0.15) is 32.6 Å². The molecule has 1 aromatic heterocycles. The number of benzene rings is 1. The normalized spacial score (nSPS) is 10.3. The number of ketones is 1. The van der Waals surface area contributed by atoms with Gasteiger partial charge in [0.25, 0.3) is 0 Å². The van der Waals surface area contributed by atoms with E-state index in [1.807, 2.05) is 39.0 Å². The van der Waals surface area contributed by atoms with E-state index >= 15 is 0 Å². The van der Waals surface area contributed by atoms with Crippen LogP contribution in [0.2, 0.25) is 0 Å². The second kappa shape index (κ2) is 5.22. The van der Waals surface area contributed by atoms with E-state index < -0.39 is 0 Å². The van der Waals surface area contributed by atoms with Gasteiger partial charge >= 0.3 is 0 Å². The van der Waals surface area contributed by atoms with Gasteiger partial charge in [0.15, 0.2) is 5.78 Å². The highest BCUT2D eigenvalue weighted by Gasteiger charge is 2.16. The smallest absolute Gasteiger partial charge is 0.195 e. The number of rotatable bonds is 3. The number of nitrogens with zero attached hydrogens (tertiary/aromatic N) is 1. The van der Waals surface area contributed by atoms with Crippen LogP contribution in [0.15, 0.2) is 30.6 Å². The van der Waals surface area contributed by atoms with Crippen molar-refractivity contribution >= 4 is 5.78 Å². The van der Waals surface area contributed by atoms with Crippen molar-refractivity contribution < 1.29 is 9.53 Å². The lowest BCUT2D eigenvalue weighted by atomic mass is 9.95. The van der Waals surface area contributed by atoms with Crippen molar-refractivity contribution in [2.75, 3.05) is 7.11 Å². The molecule has 0 bridgehead atoms. The molecule has 0 aliphatic heterocycles. The molecule has 3 nitrogen and oxygen atoms in total. The van der Waals surface area contributed by atoms with Crippen LogP contribution in [-0.2, 0) is 0 Å². The summed E-state index contributed by atoms with van der Waals surface area (Å²) in [7, 11) is 1.63. The zero-order valence-corrected chi connectivity index (χ0v) is 11.7. The molecule has 0 fully saturated rings. The summed E-state index contributed by atoms with van der Waals surface area (Å²) in [5.74, 6) is 0.811. The molecule has 0 saturated heterocycles. The minimum atomic E-state index is 0.00820. The maximum Gasteiger partial charge on any atom is 0.195 e. The van der Waals surface area contributed by atoms with Gasteiger partial charge in [0.2, 0.25) is 0 Å². The summed E-state index contributed by atoms with van der Waals surface area (Å²) < 4.78 is 5.27. The first kappa shape index (κ1) is 13.3. The Bertz CT molecular complexity index is 633. The molecule has 2 rings (SSSR count). The molecule has 0 atom stereocenters. The number of aryl methyl sites for hydroxylation is 3. The first-order valence-corrected chi connectivity index (χ1v) is 6.15. The molecule has 0 N–H and O–H groups in total. The van der Waals surface area contributed by atoms with Crippen molar-refractivity contribution in [3.63, 3.8) is 0 Å². The van der Waals surface area contributed by atoms with Gasteiger partial charge < -0.3 is 4.74 Å². The summed E-state index contributed by atoms with van der Waals surface area (Å²) in [5.41, 5.74) is 4.16. The Balaban J connectivity index is 2.51. The third-order valence-electron chi connectivity index (χ3n) is 3.27. The Morgan fingerprint density at radius 1 is 1.05 bits per heavy atom. The molecule has 0 aliphatic carbocycles. The fraction of sp³-hybridized carbons (Fsp3) is 0.250. The molecule has 0 amide bonds. The third-order valence-corrected chi connectivity index (χ3v) is 3.27. The number of carbonyl (C=O) groups excluding carboxylic acids is 1. The highest BCUT2D eigenvalue weighted by atomic mass is 16.5. The SMILES string of the molecule is COc1cc(C)c(C(=O)c2cnccc2C)cc1C. The van der Waals surface area contributed by atoms with Crippen LogP contribution in [0.3, 0.4) is 0 Å². The Hall–Kier alpha value is -2.16. The second-order valence-electron chi connectivity index (χ2n) is 4.66. The summed E-state index contributed by atoms with van der Waals surface area (Å²) >= 11 is 0. The number of hydrogen-bond donors (Lipinski definition) is 0. The maximum atomic E-state index is 12.6. The predicted octanol–water partition coefficient (Wildman–Crippen LogP) is 3.25. The van der Waals surface area contributed by atoms with E-state index in [1.54, 1.807) is 19.5 Å². The van der Waals surface area contributed by atoms with Gasteiger partial charge in [-0.3, -0.25) is 9.78 Å². The van der Waals surface area contributed by atoms with E-state index in [1.165, 1.54) is 0 Å². The fourth-order valence-electron chi connectivity index (χ4n) is 2.10. The van der Waals surface area contributed by atoms with E-state index in [2.05, 4.69) is 4.98 Å². The second-order valence-corrected chi connectivity index (χ2v) is 4.66. The van der Waals surface area contributed by atoms with Crippen LogP contribution in [0.25, 0.3) is 0 Å². The maximum absolute atomic E-state index is 12.6. The minimum Gasteiger partial charge on any atom is -0.496 e. The minimum absolute atomic E-state index is 0.00820. The number of methoxy groups -OCH3 is 1. The summed E-state index contributed by atoms with van der Waals surface area (Å²) in [6.45, 7) is 5.77. The molecule has 19 heavy (non-hydrogen) atoms. The first-order chi connectivity index (χ1) is 9.04. The summed E-state index contributed by atoms with van der Waals surface area (Å²) in [5, 5.41) is 0. The summed E-state index contributed by atoms with van der Waals surface area (Å²) in [6.07, 6.45) is 3.31. The number of hydrogen-bond acceptors (Lipinski definition) is 3. The lowest BCUT2D eigenvalue weighted by Crippen LogP contribution is -2.07. The number of ether oxygens (including phenoxy) is 1. The van der Waals surface area contributed by atoms with Crippen LogP contribution in [0.5, 0.6) is 5.75 Å². The molecule has 0 spiro atoms. The predicted molar refractivity (Wildman–Crippen MR) is 74.9 cm³/mol. The van der Waals surface area contributed by atoms with Crippen molar-refractivity contribution in [2.24, 2.45) is 0 Å². The van der Waals surface area contributed by atoms with Gasteiger partial charge in [-0.15, -0.1) is 0 Å². The lowest BCUT2D eigenvalue weighted by Gasteiger charge is -2.11. The van der Waals surface area contributed by atoms with Crippen molar-refractivity contribution in [2.45, 2.75) is 20.8 Å². The largest absolute Gasteiger partial charge is 0.496 e. The molecular weight excluding hydrogens is 238 g/mol. The lowest BCUT2D eigenvalue weighted by molar-refractivity contribution is 0.103. The van der Waals surface area contributed by atoms with Crippen LogP contribution in [0.4, 0.5) is 0 Å². The van der Waals surface area contributed by atoms with Gasteiger partial charge in [-0.05, 0) is 55.7 Å². The van der Waals surface area contributed by atoms with Crippen LogP contribution in [-0.4, -0.2) is 17.9 Å². The van der Waals surface area contributed by atoms with Gasteiger partial charge in [0, 0.05) is 23.5 Å². The Morgan fingerprint density at radius 2 is 1.79 bits per heavy atom. The zero-order chi connectivity index (χ0) is 14.0. The van der Waals surface area contributed by atoms with Crippen LogP contribution in [0, 0.1) is 20.8 Å². The summed E-state index contributed by atoms with van der Waals surface area (Å²) in [6, 6.07) is 5.62. The third kappa shape index (κ3) is 2.50. The molecule has 0 radical (unpaired) electrons. The van der Waals surface area contributed by atoms with Gasteiger partial charge in [0.1, 0.15) is 5.75 Å². The van der Waals surface area contributed by atoms with Gasteiger partial charge in [0.05, 0.1) is 7.11 Å². The fourth-order valence-corrected chi connectivity index (χ4v) is 2.10.